The van der Waals surface area contributed by atoms with Gasteiger partial charge in [-0.1, -0.05) is 41.9 Å². The largest absolute Gasteiger partial charge is 0.496 e. The zero-order chi connectivity index (χ0) is 36.9. The quantitative estimate of drug-likeness (QED) is 0.182. The first-order chi connectivity index (χ1) is 24.8. The molecule has 52 heavy (non-hydrogen) atoms. The average molecular weight is 752 g/mol. The molecule has 2 heterocycles. The minimum absolute atomic E-state index is 0.106. The Hall–Kier alpha value is -4.50. The Labute approximate surface area is 306 Å². The molecule has 0 spiro atoms. The molecule has 3 aromatic carbocycles. The molecule has 12 nitrogen and oxygen atoms in total. The molecule has 1 aromatic heterocycles. The van der Waals surface area contributed by atoms with E-state index >= 15 is 4.39 Å². The van der Waals surface area contributed by atoms with E-state index in [1.807, 2.05) is 43.3 Å². The van der Waals surface area contributed by atoms with Gasteiger partial charge >= 0.3 is 5.97 Å². The number of nitrogens with one attached hydrogen (secondary N) is 2. The molecule has 2 N–H and O–H groups in total. The van der Waals surface area contributed by atoms with Gasteiger partial charge < -0.3 is 24.2 Å². The maximum atomic E-state index is 15.6. The molecule has 1 fully saturated rings. The Balaban J connectivity index is 1.09. The number of hydroxylamine groups is 1. The molecule has 1 saturated carbocycles. The second-order valence-electron chi connectivity index (χ2n) is 13.4. The highest BCUT2D eigenvalue weighted by atomic mass is 35.5. The van der Waals surface area contributed by atoms with Crippen molar-refractivity contribution >= 4 is 39.2 Å². The highest BCUT2D eigenvalue weighted by Crippen LogP contribution is 2.44. The SMILES string of the molecule is COc1cc(OC2CCc3c(-c4cccc(NC(=O)c5nc6c(n5C)CCN(S(C)(=O)=O)C6)c4C)cccc32)c(Cl)c(F)c1CNOC(=O)C1CC1. The number of hydrogen-bond donors (Lipinski definition) is 2. The number of methoxy groups -OCH3 is 1. The molecular weight excluding hydrogens is 713 g/mol. The first kappa shape index (κ1) is 35.9. The van der Waals surface area contributed by atoms with Gasteiger partial charge in [-0.05, 0) is 66.5 Å². The van der Waals surface area contributed by atoms with Crippen molar-refractivity contribution in [2.45, 2.75) is 58.2 Å². The van der Waals surface area contributed by atoms with Gasteiger partial charge in [-0.25, -0.2) is 17.8 Å². The standard InChI is InChI=1S/C37H39ClFN5O7S/c1-20-22(7-6-10-27(20)42-36(45)35-41-28-19-44(52(4,47)48)16-15-29(28)43(35)2)23-8-5-9-25-24(23)13-14-30(25)50-32-17-31(49-3)26(34(39)33(32)38)18-40-51-37(46)21-11-12-21/h5-10,17,21,30,40H,11-16,18-19H2,1-4H3,(H,42,45). The molecule has 0 radical (unpaired) electrons. The fraction of sp³-hybridized carbons (Fsp3) is 0.378. The van der Waals surface area contributed by atoms with Crippen LogP contribution in [0.2, 0.25) is 5.02 Å². The number of aromatic nitrogens is 2. The number of ether oxygens (including phenoxy) is 2. The van der Waals surface area contributed by atoms with Crippen LogP contribution < -0.4 is 20.3 Å². The molecule has 7 rings (SSSR count). The van der Waals surface area contributed by atoms with E-state index in [0.717, 1.165) is 46.4 Å². The predicted molar refractivity (Wildman–Crippen MR) is 192 cm³/mol. The van der Waals surface area contributed by atoms with Gasteiger partial charge in [0, 0.05) is 43.0 Å². The summed E-state index contributed by atoms with van der Waals surface area (Å²) in [5.41, 5.74) is 9.48. The normalized spacial score (nSPS) is 17.0. The highest BCUT2D eigenvalue weighted by Gasteiger charge is 2.33. The molecule has 1 amide bonds. The lowest BCUT2D eigenvalue weighted by molar-refractivity contribution is -0.153. The third-order valence-electron chi connectivity index (χ3n) is 10.0. The number of anilines is 1. The minimum Gasteiger partial charge on any atom is -0.496 e. The Bertz CT molecular complexity index is 2200. The summed E-state index contributed by atoms with van der Waals surface area (Å²) in [7, 11) is -0.196. The summed E-state index contributed by atoms with van der Waals surface area (Å²) >= 11 is 6.49. The number of rotatable bonds is 11. The third kappa shape index (κ3) is 6.87. The first-order valence-electron chi connectivity index (χ1n) is 17.0. The molecule has 3 aliphatic rings. The van der Waals surface area contributed by atoms with Crippen molar-refractivity contribution in [1.29, 1.82) is 0 Å². The average Bonchev–Trinajstić information content (AvgIpc) is 3.82. The lowest BCUT2D eigenvalue weighted by Gasteiger charge is -2.24. The van der Waals surface area contributed by atoms with Crippen LogP contribution in [-0.4, -0.2) is 54.1 Å². The molecule has 1 unspecified atom stereocenters. The molecule has 0 saturated heterocycles. The van der Waals surface area contributed by atoms with Gasteiger partial charge in [0.25, 0.3) is 5.91 Å². The second-order valence-corrected chi connectivity index (χ2v) is 15.7. The molecule has 4 aromatic rings. The molecule has 2 aliphatic carbocycles. The zero-order valence-electron chi connectivity index (χ0n) is 29.2. The number of fused-ring (bicyclic) bond motifs is 2. The number of halogens is 2. The number of benzene rings is 3. The summed E-state index contributed by atoms with van der Waals surface area (Å²) in [6.45, 7) is 2.28. The maximum Gasteiger partial charge on any atom is 0.327 e. The Morgan fingerprint density at radius 1 is 1.08 bits per heavy atom. The predicted octanol–water partition coefficient (Wildman–Crippen LogP) is 5.79. The number of sulfonamides is 1. The summed E-state index contributed by atoms with van der Waals surface area (Å²) in [4.78, 5) is 35.0. The van der Waals surface area contributed by atoms with Gasteiger partial charge in [-0.2, -0.15) is 4.31 Å². The van der Waals surface area contributed by atoms with E-state index < -0.39 is 27.9 Å². The van der Waals surface area contributed by atoms with Crippen LogP contribution in [0.3, 0.4) is 0 Å². The van der Waals surface area contributed by atoms with E-state index in [-0.39, 0.29) is 52.9 Å². The number of carbonyl (C=O) groups excluding carboxylic acids is 2. The molecule has 1 atom stereocenters. The zero-order valence-corrected chi connectivity index (χ0v) is 30.8. The van der Waals surface area contributed by atoms with Crippen molar-refractivity contribution in [3.63, 3.8) is 0 Å². The van der Waals surface area contributed by atoms with E-state index in [0.29, 0.717) is 37.2 Å². The summed E-state index contributed by atoms with van der Waals surface area (Å²) in [5.74, 6) is -1.05. The summed E-state index contributed by atoms with van der Waals surface area (Å²) in [5, 5.41) is 2.82. The van der Waals surface area contributed by atoms with Crippen molar-refractivity contribution in [2.75, 3.05) is 25.2 Å². The van der Waals surface area contributed by atoms with E-state index in [1.54, 1.807) is 17.7 Å². The van der Waals surface area contributed by atoms with Crippen LogP contribution in [0.4, 0.5) is 10.1 Å². The Morgan fingerprint density at radius 3 is 2.56 bits per heavy atom. The van der Waals surface area contributed by atoms with Gasteiger partial charge in [-0.3, -0.25) is 9.59 Å². The molecule has 274 valence electrons. The van der Waals surface area contributed by atoms with Gasteiger partial charge in [0.05, 0.1) is 38.1 Å². The first-order valence-corrected chi connectivity index (χ1v) is 19.3. The highest BCUT2D eigenvalue weighted by molar-refractivity contribution is 7.88. The molecule has 1 aliphatic heterocycles. The van der Waals surface area contributed by atoms with E-state index in [9.17, 15) is 18.0 Å². The van der Waals surface area contributed by atoms with E-state index in [4.69, 9.17) is 25.9 Å². The molecular formula is C37H39ClFN5O7S. The van der Waals surface area contributed by atoms with Crippen LogP contribution in [0, 0.1) is 18.7 Å². The smallest absolute Gasteiger partial charge is 0.327 e. The van der Waals surface area contributed by atoms with E-state index in [1.165, 1.54) is 17.7 Å². The van der Waals surface area contributed by atoms with Crippen molar-refractivity contribution in [1.82, 2.24) is 19.3 Å². The van der Waals surface area contributed by atoms with Crippen LogP contribution in [0.15, 0.2) is 42.5 Å². The Kier molecular flexibility index (Phi) is 9.76. The maximum absolute atomic E-state index is 15.6. The van der Waals surface area contributed by atoms with Crippen molar-refractivity contribution in [3.8, 4) is 22.6 Å². The van der Waals surface area contributed by atoms with Crippen LogP contribution in [0.5, 0.6) is 11.5 Å². The van der Waals surface area contributed by atoms with E-state index in [2.05, 4.69) is 15.8 Å². The van der Waals surface area contributed by atoms with Gasteiger partial charge in [0.15, 0.2) is 11.6 Å². The number of carbonyl (C=O) groups is 2. The number of hydrogen-bond acceptors (Lipinski definition) is 9. The monoisotopic (exact) mass is 751 g/mol. The molecule has 0 bridgehead atoms. The Morgan fingerprint density at radius 2 is 1.83 bits per heavy atom. The van der Waals surface area contributed by atoms with Crippen LogP contribution in [-0.2, 0) is 52.6 Å². The fourth-order valence-corrected chi connectivity index (χ4v) is 8.00. The summed E-state index contributed by atoms with van der Waals surface area (Å²) in [6.07, 6.45) is 4.13. The summed E-state index contributed by atoms with van der Waals surface area (Å²) in [6, 6.07) is 13.2. The van der Waals surface area contributed by atoms with Crippen LogP contribution >= 0.6 is 11.6 Å². The van der Waals surface area contributed by atoms with Crippen molar-refractivity contribution < 1.29 is 36.7 Å². The second kappa shape index (κ2) is 14.1. The lowest BCUT2D eigenvalue weighted by atomic mass is 9.93. The number of nitrogens with zero attached hydrogens (tertiary/aromatic N) is 3. The number of imidazole rings is 1. The number of amides is 1. The summed E-state index contributed by atoms with van der Waals surface area (Å²) < 4.78 is 54.7. The lowest BCUT2D eigenvalue weighted by Crippen LogP contribution is -2.35. The van der Waals surface area contributed by atoms with Crippen molar-refractivity contribution in [2.24, 2.45) is 13.0 Å². The van der Waals surface area contributed by atoms with Gasteiger partial charge in [0.2, 0.25) is 10.0 Å². The third-order valence-corrected chi connectivity index (χ3v) is 11.6. The molecule has 15 heteroatoms. The van der Waals surface area contributed by atoms with Crippen LogP contribution in [0.1, 0.15) is 69.6 Å². The minimum atomic E-state index is -3.38. The van der Waals surface area contributed by atoms with Crippen LogP contribution in [0.25, 0.3) is 11.1 Å². The van der Waals surface area contributed by atoms with Crippen molar-refractivity contribution in [3.05, 3.63) is 92.8 Å². The topological polar surface area (TPSA) is 141 Å². The fourth-order valence-electron chi connectivity index (χ4n) is 7.01. The van der Waals surface area contributed by atoms with Gasteiger partial charge in [0.1, 0.15) is 22.6 Å². The van der Waals surface area contributed by atoms with Gasteiger partial charge in [-0.15, -0.1) is 5.48 Å².